The summed E-state index contributed by atoms with van der Waals surface area (Å²) in [5.41, 5.74) is 2.97. The number of pyridine rings is 1. The first kappa shape index (κ1) is 16.2. The molecule has 0 saturated carbocycles. The molecule has 4 aromatic rings. The van der Waals surface area contributed by atoms with Crippen LogP contribution >= 0.6 is 11.6 Å². The Balaban J connectivity index is 1.85. The number of hydrogen-bond donors (Lipinski definition) is 0. The van der Waals surface area contributed by atoms with Crippen LogP contribution in [0.4, 0.5) is 0 Å². The highest BCUT2D eigenvalue weighted by Gasteiger charge is 2.20. The number of Topliss-reactive ketones (excluding diaryl/α,β-unsaturated/α-hetero) is 1. The average molecular weight is 361 g/mol. The lowest BCUT2D eigenvalue weighted by Crippen LogP contribution is -2.03. The zero-order valence-corrected chi connectivity index (χ0v) is 14.4. The smallest absolute Gasteiger partial charge is 0.231 e. The maximum Gasteiger partial charge on any atom is 0.231 e. The summed E-state index contributed by atoms with van der Waals surface area (Å²) >= 11 is 5.95. The topological polar surface area (TPSA) is 56.0 Å². The lowest BCUT2D eigenvalue weighted by Gasteiger charge is -2.04. The monoisotopic (exact) mass is 360 g/mol. The van der Waals surface area contributed by atoms with Gasteiger partial charge in [-0.15, -0.1) is 0 Å². The normalized spacial score (nSPS) is 11.7. The number of aromatic nitrogens is 2. The van der Waals surface area contributed by atoms with Crippen LogP contribution < -0.4 is 0 Å². The van der Waals surface area contributed by atoms with Gasteiger partial charge in [0.2, 0.25) is 5.89 Å². The van der Waals surface area contributed by atoms with E-state index in [1.54, 1.807) is 36.5 Å². The fourth-order valence-electron chi connectivity index (χ4n) is 2.59. The van der Waals surface area contributed by atoms with E-state index in [4.69, 9.17) is 16.0 Å². The van der Waals surface area contributed by atoms with Gasteiger partial charge in [0.15, 0.2) is 11.4 Å². The molecule has 4 nitrogen and oxygen atoms in total. The van der Waals surface area contributed by atoms with Crippen molar-refractivity contribution in [1.82, 2.24) is 9.97 Å². The number of oxazole rings is 1. The minimum absolute atomic E-state index is 0.209. The third-order valence-corrected chi connectivity index (χ3v) is 4.13. The summed E-state index contributed by atoms with van der Waals surface area (Å²) in [6.07, 6.45) is 4.90. The third kappa shape index (κ3) is 3.27. The highest BCUT2D eigenvalue weighted by atomic mass is 35.5. The van der Waals surface area contributed by atoms with Gasteiger partial charge in [-0.25, -0.2) is 4.98 Å². The molecule has 26 heavy (non-hydrogen) atoms. The standard InChI is InChI=1S/C21H13ClN2O2/c22-16-9-7-14(8-10-16)12-17(20(25)15-4-3-11-23-13-15)21-24-18-5-1-2-6-19(18)26-21/h1-13H/b17-12+. The van der Waals surface area contributed by atoms with Gasteiger partial charge in [-0.2, -0.15) is 0 Å². The second-order valence-electron chi connectivity index (χ2n) is 5.67. The van der Waals surface area contributed by atoms with E-state index in [0.717, 1.165) is 5.56 Å². The summed E-state index contributed by atoms with van der Waals surface area (Å²) in [5, 5.41) is 0.629. The van der Waals surface area contributed by atoms with Crippen LogP contribution in [0.2, 0.25) is 5.02 Å². The third-order valence-electron chi connectivity index (χ3n) is 3.87. The predicted molar refractivity (Wildman–Crippen MR) is 102 cm³/mol. The number of rotatable bonds is 4. The van der Waals surface area contributed by atoms with Crippen LogP contribution in [0.3, 0.4) is 0 Å². The van der Waals surface area contributed by atoms with Crippen molar-refractivity contribution < 1.29 is 9.21 Å². The predicted octanol–water partition coefficient (Wildman–Crippen LogP) is 5.30. The fourth-order valence-corrected chi connectivity index (χ4v) is 2.72. The fraction of sp³-hybridized carbons (Fsp3) is 0. The van der Waals surface area contributed by atoms with Crippen molar-refractivity contribution in [2.24, 2.45) is 0 Å². The quantitative estimate of drug-likeness (QED) is 0.366. The Bertz CT molecular complexity index is 1070. The molecule has 2 aromatic heterocycles. The Morgan fingerprint density at radius 1 is 1.00 bits per heavy atom. The van der Waals surface area contributed by atoms with Gasteiger partial charge >= 0.3 is 0 Å². The Kier molecular flexibility index (Phi) is 4.33. The summed E-state index contributed by atoms with van der Waals surface area (Å²) in [6.45, 7) is 0. The maximum atomic E-state index is 13.1. The molecule has 0 saturated heterocycles. The van der Waals surface area contributed by atoms with Gasteiger partial charge < -0.3 is 4.42 Å². The Morgan fingerprint density at radius 3 is 2.54 bits per heavy atom. The maximum absolute atomic E-state index is 13.1. The van der Waals surface area contributed by atoms with Crippen LogP contribution in [-0.2, 0) is 0 Å². The number of allylic oxidation sites excluding steroid dienone is 1. The first-order valence-corrected chi connectivity index (χ1v) is 8.36. The van der Waals surface area contributed by atoms with Crippen molar-refractivity contribution in [3.05, 3.63) is 95.1 Å². The molecule has 2 aromatic carbocycles. The largest absolute Gasteiger partial charge is 0.436 e. The van der Waals surface area contributed by atoms with E-state index < -0.39 is 0 Å². The Morgan fingerprint density at radius 2 is 1.81 bits per heavy atom. The van der Waals surface area contributed by atoms with Crippen LogP contribution in [0.5, 0.6) is 0 Å². The second kappa shape index (κ2) is 6.94. The lowest BCUT2D eigenvalue weighted by atomic mass is 10.0. The first-order chi connectivity index (χ1) is 12.7. The van der Waals surface area contributed by atoms with Crippen molar-refractivity contribution in [3.63, 3.8) is 0 Å². The van der Waals surface area contributed by atoms with Gasteiger partial charge in [0.1, 0.15) is 5.52 Å². The van der Waals surface area contributed by atoms with Gasteiger partial charge in [0.25, 0.3) is 0 Å². The molecular weight excluding hydrogens is 348 g/mol. The molecule has 0 N–H and O–H groups in total. The molecule has 0 atom stereocenters. The number of carbonyl (C=O) groups excluding carboxylic acids is 1. The van der Waals surface area contributed by atoms with Crippen molar-refractivity contribution in [3.8, 4) is 0 Å². The molecule has 126 valence electrons. The van der Waals surface area contributed by atoms with Gasteiger partial charge in [0.05, 0.1) is 5.57 Å². The summed E-state index contributed by atoms with van der Waals surface area (Å²) in [6, 6.07) is 18.0. The minimum Gasteiger partial charge on any atom is -0.436 e. The van der Waals surface area contributed by atoms with Crippen molar-refractivity contribution in [1.29, 1.82) is 0 Å². The van der Waals surface area contributed by atoms with E-state index in [9.17, 15) is 4.79 Å². The van der Waals surface area contributed by atoms with Gasteiger partial charge in [-0.1, -0.05) is 35.9 Å². The number of carbonyl (C=O) groups is 1. The van der Waals surface area contributed by atoms with E-state index in [1.165, 1.54) is 6.20 Å². The van der Waals surface area contributed by atoms with Crippen LogP contribution in [-0.4, -0.2) is 15.8 Å². The van der Waals surface area contributed by atoms with Gasteiger partial charge in [-0.05, 0) is 48.0 Å². The molecule has 0 aliphatic heterocycles. The molecular formula is C21H13ClN2O2. The molecule has 2 heterocycles. The summed E-state index contributed by atoms with van der Waals surface area (Å²) in [5.74, 6) is 0.0645. The number of fused-ring (bicyclic) bond motifs is 1. The van der Waals surface area contributed by atoms with E-state index in [1.807, 2.05) is 36.4 Å². The van der Waals surface area contributed by atoms with Gasteiger partial charge in [-0.3, -0.25) is 9.78 Å². The molecule has 0 bridgehead atoms. The molecule has 0 amide bonds. The van der Waals surface area contributed by atoms with Crippen LogP contribution in [0.1, 0.15) is 21.8 Å². The highest BCUT2D eigenvalue weighted by molar-refractivity contribution is 6.32. The first-order valence-electron chi connectivity index (χ1n) is 7.99. The van der Waals surface area contributed by atoms with E-state index >= 15 is 0 Å². The van der Waals surface area contributed by atoms with Crippen LogP contribution in [0.15, 0.2) is 77.5 Å². The van der Waals surface area contributed by atoms with Crippen LogP contribution in [0.25, 0.3) is 22.7 Å². The zero-order valence-electron chi connectivity index (χ0n) is 13.6. The molecule has 0 spiro atoms. The summed E-state index contributed by atoms with van der Waals surface area (Å²) < 4.78 is 5.82. The highest BCUT2D eigenvalue weighted by Crippen LogP contribution is 2.26. The van der Waals surface area contributed by atoms with Crippen molar-refractivity contribution in [2.45, 2.75) is 0 Å². The molecule has 5 heteroatoms. The Hall–Kier alpha value is -3.24. The second-order valence-corrected chi connectivity index (χ2v) is 6.10. The van der Waals surface area contributed by atoms with E-state index in [-0.39, 0.29) is 11.7 Å². The van der Waals surface area contributed by atoms with Crippen molar-refractivity contribution >= 4 is 40.1 Å². The lowest BCUT2D eigenvalue weighted by molar-refractivity contribution is 0.105. The number of para-hydroxylation sites is 2. The summed E-state index contributed by atoms with van der Waals surface area (Å²) in [7, 11) is 0. The molecule has 0 fully saturated rings. The van der Waals surface area contributed by atoms with E-state index in [2.05, 4.69) is 9.97 Å². The molecule has 0 unspecified atom stereocenters. The number of ketones is 1. The minimum atomic E-state index is -0.209. The summed E-state index contributed by atoms with van der Waals surface area (Å²) in [4.78, 5) is 21.6. The number of hydrogen-bond acceptors (Lipinski definition) is 4. The number of benzene rings is 2. The van der Waals surface area contributed by atoms with Crippen molar-refractivity contribution in [2.75, 3.05) is 0 Å². The zero-order chi connectivity index (χ0) is 17.9. The van der Waals surface area contributed by atoms with Gasteiger partial charge in [0, 0.05) is 23.0 Å². The molecule has 0 aliphatic rings. The average Bonchev–Trinajstić information content (AvgIpc) is 3.11. The van der Waals surface area contributed by atoms with Crippen LogP contribution in [0, 0.1) is 0 Å². The molecule has 0 aliphatic carbocycles. The Labute approximate surface area is 154 Å². The molecule has 0 radical (unpaired) electrons. The molecule has 4 rings (SSSR count). The van der Waals surface area contributed by atoms with E-state index in [0.29, 0.717) is 27.3 Å². The number of halogens is 1. The SMILES string of the molecule is O=C(/C(=C\c1ccc(Cl)cc1)c1nc2ccccc2o1)c1cccnc1. The number of nitrogens with zero attached hydrogens (tertiary/aromatic N) is 2.